The fourth-order valence-corrected chi connectivity index (χ4v) is 6.56. The molecule has 8 nitrogen and oxygen atoms in total. The van der Waals surface area contributed by atoms with Crippen LogP contribution in [0, 0.1) is 0 Å². The molecular weight excluding hydrogens is 446 g/mol. The molecule has 4 aromatic rings. The number of hydrogen-bond donors (Lipinski definition) is 2. The Bertz CT molecular complexity index is 1220. The highest BCUT2D eigenvalue weighted by atomic mass is 32.1. The van der Waals surface area contributed by atoms with E-state index in [2.05, 4.69) is 60.0 Å². The van der Waals surface area contributed by atoms with Gasteiger partial charge in [-0.25, -0.2) is 9.97 Å². The van der Waals surface area contributed by atoms with Gasteiger partial charge in [0.2, 0.25) is 0 Å². The van der Waals surface area contributed by atoms with Crippen molar-refractivity contribution >= 4 is 32.5 Å². The summed E-state index contributed by atoms with van der Waals surface area (Å²) in [5.74, 6) is 0. The van der Waals surface area contributed by atoms with Crippen LogP contribution in [0.2, 0.25) is 0 Å². The van der Waals surface area contributed by atoms with Crippen molar-refractivity contribution in [2.45, 2.75) is 12.3 Å². The number of benzene rings is 1. The fourth-order valence-electron chi connectivity index (χ4n) is 5.41. The molecule has 2 saturated heterocycles. The number of aromatic nitrogens is 3. The molecule has 0 bridgehead atoms. The molecule has 2 aliphatic rings. The first kappa shape index (κ1) is 22.1. The number of morpholine rings is 1. The highest BCUT2D eigenvalue weighted by molar-refractivity contribution is 7.19. The van der Waals surface area contributed by atoms with Crippen molar-refractivity contribution in [3.63, 3.8) is 0 Å². The lowest BCUT2D eigenvalue weighted by Crippen LogP contribution is -2.54. The van der Waals surface area contributed by atoms with Crippen LogP contribution >= 0.6 is 11.3 Å². The Labute approximate surface area is 203 Å². The van der Waals surface area contributed by atoms with Gasteiger partial charge in [0.05, 0.1) is 29.1 Å². The molecule has 1 aromatic carbocycles. The maximum atomic E-state index is 6.34. The summed E-state index contributed by atoms with van der Waals surface area (Å²) in [5, 5.41) is 1.25. The highest BCUT2D eigenvalue weighted by Gasteiger charge is 2.35. The predicted molar refractivity (Wildman–Crippen MR) is 136 cm³/mol. The number of nitrogens with zero attached hydrogens (tertiary/aromatic N) is 5. The second-order valence-electron chi connectivity index (χ2n) is 9.10. The van der Waals surface area contributed by atoms with Crippen LogP contribution in [0.3, 0.4) is 0 Å². The van der Waals surface area contributed by atoms with E-state index in [4.69, 9.17) is 10.5 Å². The van der Waals surface area contributed by atoms with Crippen LogP contribution in [0.4, 0.5) is 0 Å². The molecule has 3 N–H and O–H groups in total. The lowest BCUT2D eigenvalue weighted by molar-refractivity contribution is -0.0835. The number of ether oxygens (including phenoxy) is 1. The second kappa shape index (κ2) is 9.69. The number of H-pyrrole nitrogens is 1. The zero-order valence-electron chi connectivity index (χ0n) is 19.3. The standard InChI is InChI=1S/C25H31N7OS/c26-5-7-30-8-10-31(11-9-30)25(23-14-21-24(34-23)15-27-17-29-21)32-12-13-33-22(16-32)19-2-1-3-20-18(19)4-6-28-20/h1-4,6,14-15,17,22,25,28H,5,7-13,16,26H2. The molecule has 2 fully saturated rings. The van der Waals surface area contributed by atoms with Gasteiger partial charge < -0.3 is 15.5 Å². The number of fused-ring (bicyclic) bond motifs is 2. The molecular formula is C25H31N7OS. The molecule has 0 aliphatic carbocycles. The third-order valence-electron chi connectivity index (χ3n) is 7.09. The Morgan fingerprint density at radius 3 is 2.91 bits per heavy atom. The molecule has 178 valence electrons. The maximum Gasteiger partial charge on any atom is 0.116 e. The number of nitrogens with two attached hydrogens (primary N) is 1. The van der Waals surface area contributed by atoms with E-state index >= 15 is 0 Å². The van der Waals surface area contributed by atoms with Crippen LogP contribution in [-0.2, 0) is 4.74 Å². The first-order valence-electron chi connectivity index (χ1n) is 12.1. The Balaban J connectivity index is 1.31. The normalized spacial score (nSPS) is 22.0. The van der Waals surface area contributed by atoms with Crippen molar-refractivity contribution in [1.82, 2.24) is 29.7 Å². The van der Waals surface area contributed by atoms with Crippen LogP contribution in [-0.4, -0.2) is 88.6 Å². The average molecular weight is 478 g/mol. The molecule has 0 radical (unpaired) electrons. The summed E-state index contributed by atoms with van der Waals surface area (Å²) in [4.78, 5) is 21.1. The van der Waals surface area contributed by atoms with Crippen molar-refractivity contribution in [2.24, 2.45) is 5.73 Å². The number of hydrogen-bond acceptors (Lipinski definition) is 8. The molecule has 2 unspecified atom stereocenters. The third-order valence-corrected chi connectivity index (χ3v) is 8.19. The summed E-state index contributed by atoms with van der Waals surface area (Å²) in [6, 6.07) is 10.9. The minimum atomic E-state index is 0.0449. The highest BCUT2D eigenvalue weighted by Crippen LogP contribution is 2.38. The minimum Gasteiger partial charge on any atom is -0.371 e. The zero-order chi connectivity index (χ0) is 22.9. The van der Waals surface area contributed by atoms with Crippen LogP contribution in [0.15, 0.2) is 49.1 Å². The summed E-state index contributed by atoms with van der Waals surface area (Å²) >= 11 is 1.82. The van der Waals surface area contributed by atoms with E-state index in [0.29, 0.717) is 6.54 Å². The summed E-state index contributed by atoms with van der Waals surface area (Å²) in [6.07, 6.45) is 5.83. The van der Waals surface area contributed by atoms with Crippen molar-refractivity contribution in [3.05, 3.63) is 59.5 Å². The molecule has 0 saturated carbocycles. The topological polar surface area (TPSA) is 86.5 Å². The van der Waals surface area contributed by atoms with Gasteiger partial charge in [-0.1, -0.05) is 12.1 Å². The average Bonchev–Trinajstić information content (AvgIpc) is 3.52. The Hall–Kier alpha value is -2.40. The van der Waals surface area contributed by atoms with E-state index in [1.807, 2.05) is 23.7 Å². The molecule has 0 spiro atoms. The van der Waals surface area contributed by atoms with Gasteiger partial charge in [-0.15, -0.1) is 11.3 Å². The lowest BCUT2D eigenvalue weighted by atomic mass is 10.0. The first-order chi connectivity index (χ1) is 16.8. The molecule has 2 aliphatic heterocycles. The summed E-state index contributed by atoms with van der Waals surface area (Å²) in [5.41, 5.74) is 9.27. The van der Waals surface area contributed by atoms with Crippen LogP contribution in [0.1, 0.15) is 22.7 Å². The van der Waals surface area contributed by atoms with E-state index in [1.54, 1.807) is 6.33 Å². The van der Waals surface area contributed by atoms with E-state index in [9.17, 15) is 0 Å². The zero-order valence-corrected chi connectivity index (χ0v) is 20.1. The summed E-state index contributed by atoms with van der Waals surface area (Å²) in [6.45, 7) is 8.33. The van der Waals surface area contributed by atoms with Gasteiger partial charge in [0.15, 0.2) is 0 Å². The number of nitrogens with one attached hydrogen (secondary N) is 1. The SMILES string of the molecule is NCCN1CCN(C(c2cc3ncncc3s2)N2CCOC(c3cccc4[nH]ccc34)C2)CC1. The Kier molecular flexibility index (Phi) is 6.30. The van der Waals surface area contributed by atoms with Crippen LogP contribution in [0.5, 0.6) is 0 Å². The molecule has 34 heavy (non-hydrogen) atoms. The molecule has 0 amide bonds. The Morgan fingerprint density at radius 1 is 1.15 bits per heavy atom. The third kappa shape index (κ3) is 4.24. The van der Waals surface area contributed by atoms with Crippen molar-refractivity contribution in [1.29, 1.82) is 0 Å². The van der Waals surface area contributed by atoms with Crippen molar-refractivity contribution in [2.75, 3.05) is 59.0 Å². The molecule has 5 heterocycles. The van der Waals surface area contributed by atoms with Gasteiger partial charge in [0.1, 0.15) is 6.33 Å². The van der Waals surface area contributed by atoms with Crippen molar-refractivity contribution < 1.29 is 4.74 Å². The summed E-state index contributed by atoms with van der Waals surface area (Å²) in [7, 11) is 0. The van der Waals surface area contributed by atoms with E-state index in [0.717, 1.165) is 68.2 Å². The van der Waals surface area contributed by atoms with E-state index in [1.165, 1.54) is 15.8 Å². The Morgan fingerprint density at radius 2 is 2.06 bits per heavy atom. The fraction of sp³-hybridized carbons (Fsp3) is 0.440. The smallest absolute Gasteiger partial charge is 0.116 e. The van der Waals surface area contributed by atoms with Crippen LogP contribution in [0.25, 0.3) is 21.1 Å². The maximum absolute atomic E-state index is 6.34. The van der Waals surface area contributed by atoms with Gasteiger partial charge in [-0.05, 0) is 23.8 Å². The largest absolute Gasteiger partial charge is 0.371 e. The van der Waals surface area contributed by atoms with Crippen molar-refractivity contribution in [3.8, 4) is 0 Å². The number of rotatable bonds is 6. The van der Waals surface area contributed by atoms with E-state index < -0.39 is 0 Å². The lowest BCUT2D eigenvalue weighted by Gasteiger charge is -2.46. The molecule has 9 heteroatoms. The quantitative estimate of drug-likeness (QED) is 0.442. The van der Waals surface area contributed by atoms with Gasteiger partial charge >= 0.3 is 0 Å². The number of piperazine rings is 1. The first-order valence-corrected chi connectivity index (χ1v) is 12.9. The van der Waals surface area contributed by atoms with E-state index in [-0.39, 0.29) is 12.3 Å². The molecule has 2 atom stereocenters. The van der Waals surface area contributed by atoms with Gasteiger partial charge in [-0.3, -0.25) is 14.7 Å². The number of aromatic amines is 1. The monoisotopic (exact) mass is 477 g/mol. The molecule has 3 aromatic heterocycles. The number of thiophene rings is 1. The summed E-state index contributed by atoms with van der Waals surface area (Å²) < 4.78 is 7.48. The second-order valence-corrected chi connectivity index (χ2v) is 10.2. The van der Waals surface area contributed by atoms with Gasteiger partial charge in [0, 0.05) is 80.5 Å². The van der Waals surface area contributed by atoms with Crippen LogP contribution < -0.4 is 5.73 Å². The predicted octanol–water partition coefficient (Wildman–Crippen LogP) is 2.82. The van der Waals surface area contributed by atoms with Gasteiger partial charge in [-0.2, -0.15) is 0 Å². The van der Waals surface area contributed by atoms with Gasteiger partial charge in [0.25, 0.3) is 0 Å². The molecule has 6 rings (SSSR count). The minimum absolute atomic E-state index is 0.0449.